The largest absolute Gasteiger partial charge is 0.394 e. The average Bonchev–Trinajstić information content (AvgIpc) is 2.48. The van der Waals surface area contributed by atoms with E-state index in [1.807, 2.05) is 6.92 Å². The Bertz CT molecular complexity index is 213. The molecule has 0 saturated heterocycles. The summed E-state index contributed by atoms with van der Waals surface area (Å²) in [5, 5.41) is 19.8. The Morgan fingerprint density at radius 3 is 1.19 bits per heavy atom. The topological polar surface area (TPSA) is 43.7 Å². The normalized spacial score (nSPS) is 12.9. The van der Waals surface area contributed by atoms with E-state index in [9.17, 15) is 10.2 Å². The Balaban J connectivity index is 5.47. The minimum Gasteiger partial charge on any atom is -0.394 e. The van der Waals surface area contributed by atoms with Crippen molar-refractivity contribution in [2.75, 3.05) is 13.2 Å². The number of hydrogen-bond donors (Lipinski definition) is 2. The summed E-state index contributed by atoms with van der Waals surface area (Å²) >= 11 is 0. The number of rotatable bonds is 13. The average molecular weight is 302 g/mol. The van der Waals surface area contributed by atoms with Gasteiger partial charge in [-0.3, -0.25) is 4.90 Å². The maximum atomic E-state index is 9.92. The van der Waals surface area contributed by atoms with Crippen LogP contribution in [0, 0.1) is 0 Å². The molecule has 0 aliphatic heterocycles. The van der Waals surface area contributed by atoms with Crippen molar-refractivity contribution in [3.05, 3.63) is 0 Å². The highest BCUT2D eigenvalue weighted by molar-refractivity contribution is 4.93. The molecule has 0 saturated carbocycles. The molecular weight excluding hydrogens is 262 g/mol. The molecule has 0 bridgehead atoms. The maximum absolute atomic E-state index is 9.92. The molecule has 0 fully saturated rings. The summed E-state index contributed by atoms with van der Waals surface area (Å²) in [4.78, 5) is 2.48. The number of hydrogen-bond acceptors (Lipinski definition) is 3. The monoisotopic (exact) mass is 301 g/mol. The fraction of sp³-hybridized carbons (Fsp3) is 1.00. The lowest BCUT2D eigenvalue weighted by Gasteiger charge is -2.49. The third-order valence-corrected chi connectivity index (χ3v) is 4.58. The standard InChI is InChI=1S/C18H39NO2/c1-6-10-16(11-7-2)19(18(5,14-20)15-21)17(12-8-3)13-9-4/h16-17,20-21H,6-15H2,1-5H3. The van der Waals surface area contributed by atoms with Crippen molar-refractivity contribution < 1.29 is 10.2 Å². The molecule has 0 unspecified atom stereocenters. The van der Waals surface area contributed by atoms with Crippen LogP contribution in [-0.2, 0) is 0 Å². The third kappa shape index (κ3) is 6.25. The first kappa shape index (κ1) is 20.9. The highest BCUT2D eigenvalue weighted by atomic mass is 16.3. The van der Waals surface area contributed by atoms with Crippen LogP contribution in [-0.4, -0.2) is 45.9 Å². The highest BCUT2D eigenvalue weighted by Gasteiger charge is 2.38. The molecule has 0 aromatic heterocycles. The lowest BCUT2D eigenvalue weighted by atomic mass is 9.89. The van der Waals surface area contributed by atoms with Gasteiger partial charge in [0.05, 0.1) is 18.8 Å². The predicted octanol–water partition coefficient (Wildman–Crippen LogP) is 3.97. The third-order valence-electron chi connectivity index (χ3n) is 4.58. The zero-order chi connectivity index (χ0) is 16.3. The Morgan fingerprint density at radius 2 is 1.00 bits per heavy atom. The summed E-state index contributed by atoms with van der Waals surface area (Å²) in [5.41, 5.74) is -0.510. The van der Waals surface area contributed by atoms with E-state index in [4.69, 9.17) is 0 Å². The molecule has 3 heteroatoms. The van der Waals surface area contributed by atoms with E-state index in [2.05, 4.69) is 32.6 Å². The summed E-state index contributed by atoms with van der Waals surface area (Å²) in [5.74, 6) is 0. The highest BCUT2D eigenvalue weighted by Crippen LogP contribution is 2.30. The van der Waals surface area contributed by atoms with E-state index in [1.54, 1.807) is 0 Å². The maximum Gasteiger partial charge on any atom is 0.0649 e. The number of nitrogens with zero attached hydrogens (tertiary/aromatic N) is 1. The van der Waals surface area contributed by atoms with Crippen LogP contribution >= 0.6 is 0 Å². The van der Waals surface area contributed by atoms with Crippen molar-refractivity contribution in [2.45, 2.75) is 104 Å². The second-order valence-corrected chi connectivity index (χ2v) is 6.68. The first-order valence-electron chi connectivity index (χ1n) is 9.04. The fourth-order valence-corrected chi connectivity index (χ4v) is 3.57. The van der Waals surface area contributed by atoms with Crippen molar-refractivity contribution >= 4 is 0 Å². The van der Waals surface area contributed by atoms with Crippen LogP contribution in [0.2, 0.25) is 0 Å². The van der Waals surface area contributed by atoms with Gasteiger partial charge < -0.3 is 10.2 Å². The Hall–Kier alpha value is -0.120. The van der Waals surface area contributed by atoms with Gasteiger partial charge in [0.1, 0.15) is 0 Å². The molecule has 0 aliphatic rings. The predicted molar refractivity (Wildman–Crippen MR) is 91.6 cm³/mol. The SMILES string of the molecule is CCCC(CCC)N(C(CCC)CCC)C(C)(CO)CO. The van der Waals surface area contributed by atoms with E-state index < -0.39 is 5.54 Å². The molecule has 0 atom stereocenters. The van der Waals surface area contributed by atoms with Crippen LogP contribution in [0.15, 0.2) is 0 Å². The van der Waals surface area contributed by atoms with Crippen LogP contribution in [0.5, 0.6) is 0 Å². The van der Waals surface area contributed by atoms with E-state index >= 15 is 0 Å². The molecular formula is C18H39NO2. The molecule has 2 N–H and O–H groups in total. The van der Waals surface area contributed by atoms with Gasteiger partial charge >= 0.3 is 0 Å². The first-order valence-corrected chi connectivity index (χ1v) is 9.04. The Labute approximate surface area is 132 Å². The van der Waals surface area contributed by atoms with Gasteiger partial charge in [-0.1, -0.05) is 53.4 Å². The molecule has 0 aromatic carbocycles. The molecule has 0 radical (unpaired) electrons. The summed E-state index contributed by atoms with van der Waals surface area (Å²) in [6.45, 7) is 11.0. The van der Waals surface area contributed by atoms with Gasteiger partial charge in [-0.25, -0.2) is 0 Å². The van der Waals surface area contributed by atoms with Crippen LogP contribution in [0.3, 0.4) is 0 Å². The van der Waals surface area contributed by atoms with Gasteiger partial charge in [-0.2, -0.15) is 0 Å². The van der Waals surface area contributed by atoms with Gasteiger partial charge in [-0.05, 0) is 32.6 Å². The van der Waals surface area contributed by atoms with Gasteiger partial charge in [0, 0.05) is 12.1 Å². The number of aliphatic hydroxyl groups is 2. The molecule has 0 amide bonds. The zero-order valence-corrected chi connectivity index (χ0v) is 15.1. The van der Waals surface area contributed by atoms with E-state index in [-0.39, 0.29) is 13.2 Å². The summed E-state index contributed by atoms with van der Waals surface area (Å²) in [6.07, 6.45) is 9.19. The zero-order valence-electron chi connectivity index (χ0n) is 15.1. The van der Waals surface area contributed by atoms with Gasteiger partial charge in [0.25, 0.3) is 0 Å². The van der Waals surface area contributed by atoms with Gasteiger partial charge in [0.2, 0.25) is 0 Å². The van der Waals surface area contributed by atoms with Crippen molar-refractivity contribution in [1.29, 1.82) is 0 Å². The lowest BCUT2D eigenvalue weighted by molar-refractivity contribution is -0.0623. The molecule has 0 spiro atoms. The first-order chi connectivity index (χ1) is 10.0. The molecule has 0 rings (SSSR count). The molecule has 3 nitrogen and oxygen atoms in total. The van der Waals surface area contributed by atoms with Crippen LogP contribution in [0.25, 0.3) is 0 Å². The van der Waals surface area contributed by atoms with Gasteiger partial charge in [-0.15, -0.1) is 0 Å². The smallest absolute Gasteiger partial charge is 0.0649 e. The minimum atomic E-state index is -0.510. The van der Waals surface area contributed by atoms with E-state index in [1.165, 1.54) is 0 Å². The molecule has 0 aliphatic carbocycles. The quantitative estimate of drug-likeness (QED) is 0.541. The van der Waals surface area contributed by atoms with Crippen molar-refractivity contribution in [3.63, 3.8) is 0 Å². The summed E-state index contributed by atoms with van der Waals surface area (Å²) < 4.78 is 0. The van der Waals surface area contributed by atoms with Crippen molar-refractivity contribution in [3.8, 4) is 0 Å². The molecule has 0 heterocycles. The lowest BCUT2D eigenvalue weighted by Crippen LogP contribution is -2.60. The van der Waals surface area contributed by atoms with Crippen LogP contribution in [0.1, 0.15) is 86.0 Å². The molecule has 21 heavy (non-hydrogen) atoms. The fourth-order valence-electron chi connectivity index (χ4n) is 3.57. The molecule has 128 valence electrons. The summed E-state index contributed by atoms with van der Waals surface area (Å²) in [6, 6.07) is 0.930. The van der Waals surface area contributed by atoms with Crippen LogP contribution in [0.4, 0.5) is 0 Å². The second-order valence-electron chi connectivity index (χ2n) is 6.68. The molecule has 0 aromatic rings. The Kier molecular flexibility index (Phi) is 11.4. The second kappa shape index (κ2) is 11.4. The minimum absolute atomic E-state index is 0.0252. The number of aliphatic hydroxyl groups excluding tert-OH is 2. The Morgan fingerprint density at radius 1 is 0.714 bits per heavy atom. The van der Waals surface area contributed by atoms with E-state index in [0.29, 0.717) is 12.1 Å². The summed E-state index contributed by atoms with van der Waals surface area (Å²) in [7, 11) is 0. The van der Waals surface area contributed by atoms with Crippen molar-refractivity contribution in [1.82, 2.24) is 4.90 Å². The van der Waals surface area contributed by atoms with E-state index in [0.717, 1.165) is 51.4 Å². The van der Waals surface area contributed by atoms with Crippen LogP contribution < -0.4 is 0 Å². The van der Waals surface area contributed by atoms with Gasteiger partial charge in [0.15, 0.2) is 0 Å². The van der Waals surface area contributed by atoms with Crippen molar-refractivity contribution in [2.24, 2.45) is 0 Å².